The Morgan fingerprint density at radius 3 is 2.20 bits per heavy atom. The van der Waals surface area contributed by atoms with Crippen molar-refractivity contribution >= 4 is 5.84 Å². The molecule has 0 amide bonds. The number of aliphatic imine (C=N–C) groups is 1. The van der Waals surface area contributed by atoms with Crippen LogP contribution in [0.3, 0.4) is 0 Å². The summed E-state index contributed by atoms with van der Waals surface area (Å²) in [5, 5.41) is 0. The standard InChI is InChI=1S/C10H18N2O.C2H6.H2/c1-6-8(4)9(11)12-10(13-5)7(2)3;1-2;/h6,8H,1H2,2-5H3,(H2,11,12);1-2H3;1H. The zero-order valence-electron chi connectivity index (χ0n) is 10.8. The fraction of sp³-hybridized carbons (Fsp3) is 0.583. The van der Waals surface area contributed by atoms with Crippen LogP contribution in [0.2, 0.25) is 0 Å². The summed E-state index contributed by atoms with van der Waals surface area (Å²) in [6.07, 6.45) is 1.75. The van der Waals surface area contributed by atoms with Gasteiger partial charge in [0.2, 0.25) is 5.88 Å². The molecule has 0 aromatic carbocycles. The van der Waals surface area contributed by atoms with Gasteiger partial charge in [0.15, 0.2) is 0 Å². The van der Waals surface area contributed by atoms with E-state index in [0.717, 1.165) is 5.57 Å². The van der Waals surface area contributed by atoms with Crippen molar-refractivity contribution in [1.29, 1.82) is 0 Å². The van der Waals surface area contributed by atoms with E-state index in [2.05, 4.69) is 11.6 Å². The highest BCUT2D eigenvalue weighted by molar-refractivity contribution is 5.84. The molecule has 0 fully saturated rings. The van der Waals surface area contributed by atoms with Gasteiger partial charge in [0.25, 0.3) is 0 Å². The number of nitrogens with zero attached hydrogens (tertiary/aromatic N) is 1. The number of rotatable bonds is 4. The molecular formula is C12H26N2O. The molecule has 0 aliphatic carbocycles. The Morgan fingerprint density at radius 1 is 1.47 bits per heavy atom. The van der Waals surface area contributed by atoms with Crippen LogP contribution in [0.25, 0.3) is 0 Å². The van der Waals surface area contributed by atoms with Gasteiger partial charge in [-0.3, -0.25) is 0 Å². The summed E-state index contributed by atoms with van der Waals surface area (Å²) in [7, 11) is 1.58. The second-order valence-electron chi connectivity index (χ2n) is 3.07. The smallest absolute Gasteiger partial charge is 0.213 e. The predicted octanol–water partition coefficient (Wildman–Crippen LogP) is 3.34. The zero-order valence-corrected chi connectivity index (χ0v) is 10.8. The van der Waals surface area contributed by atoms with Crippen molar-refractivity contribution in [2.45, 2.75) is 34.6 Å². The molecule has 0 aromatic heterocycles. The molecule has 0 rings (SSSR count). The van der Waals surface area contributed by atoms with Crippen molar-refractivity contribution in [1.82, 2.24) is 0 Å². The quantitative estimate of drug-likeness (QED) is 0.338. The molecule has 0 bridgehead atoms. The fourth-order valence-corrected chi connectivity index (χ4v) is 0.701. The molecule has 0 saturated heterocycles. The summed E-state index contributed by atoms with van der Waals surface area (Å²) in [6.45, 7) is 13.4. The summed E-state index contributed by atoms with van der Waals surface area (Å²) < 4.78 is 5.05. The van der Waals surface area contributed by atoms with Crippen LogP contribution in [0.5, 0.6) is 0 Å². The Balaban J connectivity index is -0.000000529. The predicted molar refractivity (Wildman–Crippen MR) is 69.8 cm³/mol. The summed E-state index contributed by atoms with van der Waals surface area (Å²) in [5.74, 6) is 1.17. The highest BCUT2D eigenvalue weighted by atomic mass is 16.5. The minimum atomic E-state index is 0. The number of nitrogens with two attached hydrogens (primary N) is 1. The number of hydrogen-bond acceptors (Lipinski definition) is 2. The van der Waals surface area contributed by atoms with Gasteiger partial charge in [0.05, 0.1) is 7.11 Å². The molecule has 2 N–H and O–H groups in total. The van der Waals surface area contributed by atoms with Gasteiger partial charge in [0.1, 0.15) is 5.84 Å². The molecule has 3 nitrogen and oxygen atoms in total. The second-order valence-corrected chi connectivity index (χ2v) is 3.07. The van der Waals surface area contributed by atoms with E-state index >= 15 is 0 Å². The average Bonchev–Trinajstić information content (AvgIpc) is 2.26. The van der Waals surface area contributed by atoms with E-state index in [0.29, 0.717) is 11.7 Å². The first-order valence-corrected chi connectivity index (χ1v) is 5.21. The summed E-state index contributed by atoms with van der Waals surface area (Å²) in [4.78, 5) is 4.15. The third-order valence-corrected chi connectivity index (χ3v) is 1.67. The molecule has 0 spiro atoms. The third-order valence-electron chi connectivity index (χ3n) is 1.67. The van der Waals surface area contributed by atoms with Crippen LogP contribution in [0.1, 0.15) is 36.0 Å². The summed E-state index contributed by atoms with van der Waals surface area (Å²) in [6, 6.07) is 0. The van der Waals surface area contributed by atoms with Gasteiger partial charge < -0.3 is 10.5 Å². The molecule has 3 heteroatoms. The van der Waals surface area contributed by atoms with Crippen LogP contribution in [0.4, 0.5) is 0 Å². The highest BCUT2D eigenvalue weighted by Gasteiger charge is 2.03. The summed E-state index contributed by atoms with van der Waals surface area (Å²) >= 11 is 0. The van der Waals surface area contributed by atoms with Gasteiger partial charge in [0, 0.05) is 7.34 Å². The first kappa shape index (κ1) is 16.2. The van der Waals surface area contributed by atoms with E-state index in [-0.39, 0.29) is 7.34 Å². The van der Waals surface area contributed by atoms with Crippen LogP contribution < -0.4 is 5.73 Å². The van der Waals surface area contributed by atoms with Crippen molar-refractivity contribution < 1.29 is 6.16 Å². The van der Waals surface area contributed by atoms with E-state index in [1.54, 1.807) is 13.2 Å². The van der Waals surface area contributed by atoms with Crippen molar-refractivity contribution in [3.8, 4) is 0 Å². The van der Waals surface area contributed by atoms with E-state index in [1.807, 2.05) is 34.6 Å². The molecule has 1 atom stereocenters. The lowest BCUT2D eigenvalue weighted by molar-refractivity contribution is 0.283. The Bertz CT molecular complexity index is 243. The topological polar surface area (TPSA) is 47.6 Å². The number of ether oxygens (including phenoxy) is 1. The minimum absolute atomic E-state index is 0. The maximum atomic E-state index is 5.71. The first-order chi connectivity index (χ1) is 7.02. The van der Waals surface area contributed by atoms with Crippen molar-refractivity contribution in [3.05, 3.63) is 24.1 Å². The second kappa shape index (κ2) is 9.31. The molecule has 1 unspecified atom stereocenters. The lowest BCUT2D eigenvalue weighted by atomic mass is 10.1. The maximum Gasteiger partial charge on any atom is 0.213 e. The number of methoxy groups -OCH3 is 1. The lowest BCUT2D eigenvalue weighted by Crippen LogP contribution is -2.20. The highest BCUT2D eigenvalue weighted by Crippen LogP contribution is 2.07. The monoisotopic (exact) mass is 214 g/mol. The number of allylic oxidation sites excluding steroid dienone is 1. The van der Waals surface area contributed by atoms with Gasteiger partial charge in [-0.15, -0.1) is 6.58 Å². The van der Waals surface area contributed by atoms with E-state index in [1.165, 1.54) is 0 Å². The molecule has 0 heterocycles. The van der Waals surface area contributed by atoms with E-state index < -0.39 is 0 Å². The number of amidine groups is 1. The molecule has 0 radical (unpaired) electrons. The van der Waals surface area contributed by atoms with Crippen LogP contribution in [-0.4, -0.2) is 12.9 Å². The van der Waals surface area contributed by atoms with Crippen molar-refractivity contribution in [2.24, 2.45) is 16.6 Å². The Labute approximate surface area is 95.2 Å². The van der Waals surface area contributed by atoms with Crippen LogP contribution >= 0.6 is 0 Å². The Morgan fingerprint density at radius 2 is 1.93 bits per heavy atom. The molecule has 0 aromatic rings. The molecule has 15 heavy (non-hydrogen) atoms. The first-order valence-electron chi connectivity index (χ1n) is 5.21. The van der Waals surface area contributed by atoms with E-state index in [9.17, 15) is 0 Å². The van der Waals surface area contributed by atoms with Crippen LogP contribution in [0.15, 0.2) is 29.1 Å². The molecule has 0 aliphatic rings. The third kappa shape index (κ3) is 6.77. The SMILES string of the molecule is C=CC(C)/C(N)=N\C(OC)=C(C)C.CC.[HH]. The molecular weight excluding hydrogens is 188 g/mol. The largest absolute Gasteiger partial charge is 0.481 e. The van der Waals surface area contributed by atoms with Gasteiger partial charge in [-0.2, -0.15) is 0 Å². The maximum absolute atomic E-state index is 5.71. The van der Waals surface area contributed by atoms with Gasteiger partial charge in [-0.05, 0) is 19.4 Å². The molecule has 90 valence electrons. The molecule has 0 aliphatic heterocycles. The van der Waals surface area contributed by atoms with Crippen LogP contribution in [0, 0.1) is 5.92 Å². The lowest BCUT2D eigenvalue weighted by Gasteiger charge is -2.07. The Hall–Kier alpha value is -1.25. The zero-order chi connectivity index (χ0) is 12.4. The summed E-state index contributed by atoms with van der Waals surface area (Å²) in [5.41, 5.74) is 6.71. The Kier molecular flexibility index (Phi) is 10.0. The fourth-order valence-electron chi connectivity index (χ4n) is 0.701. The normalized spacial score (nSPS) is 12.0. The minimum Gasteiger partial charge on any atom is -0.481 e. The van der Waals surface area contributed by atoms with Gasteiger partial charge in [-0.25, -0.2) is 4.99 Å². The average molecular weight is 214 g/mol. The van der Waals surface area contributed by atoms with Gasteiger partial charge >= 0.3 is 0 Å². The van der Waals surface area contributed by atoms with Crippen LogP contribution in [-0.2, 0) is 4.74 Å². The van der Waals surface area contributed by atoms with Crippen molar-refractivity contribution in [3.63, 3.8) is 0 Å². The number of hydrogen-bond donors (Lipinski definition) is 1. The van der Waals surface area contributed by atoms with Crippen molar-refractivity contribution in [2.75, 3.05) is 7.11 Å². The molecule has 0 saturated carbocycles. The van der Waals surface area contributed by atoms with E-state index in [4.69, 9.17) is 10.5 Å². The van der Waals surface area contributed by atoms with Gasteiger partial charge in [-0.1, -0.05) is 26.8 Å².